The molecule has 3 rings (SSSR count). The van der Waals surface area contributed by atoms with Crippen LogP contribution in [0.25, 0.3) is 0 Å². The topological polar surface area (TPSA) is 12.5 Å². The summed E-state index contributed by atoms with van der Waals surface area (Å²) in [7, 11) is 1.71. The average molecular weight is 319 g/mol. The van der Waals surface area contributed by atoms with Crippen LogP contribution in [0.3, 0.4) is 0 Å². The van der Waals surface area contributed by atoms with E-state index in [1.54, 1.807) is 7.11 Å². The van der Waals surface area contributed by atoms with E-state index in [0.29, 0.717) is 6.04 Å². The van der Waals surface area contributed by atoms with E-state index in [1.807, 2.05) is 12.1 Å². The Labute approximate surface area is 145 Å². The van der Waals surface area contributed by atoms with Crippen LogP contribution in [0.4, 0.5) is 0 Å². The van der Waals surface area contributed by atoms with E-state index < -0.39 is 0 Å². The van der Waals surface area contributed by atoms with E-state index in [2.05, 4.69) is 73.5 Å². The van der Waals surface area contributed by atoms with Crippen molar-refractivity contribution < 1.29 is 4.74 Å². The number of nitrogens with zero attached hydrogens (tertiary/aromatic N) is 1. The van der Waals surface area contributed by atoms with Gasteiger partial charge >= 0.3 is 0 Å². The second-order valence-corrected chi connectivity index (χ2v) is 6.44. The third kappa shape index (κ3) is 3.88. The predicted molar refractivity (Wildman–Crippen MR) is 100.0 cm³/mol. The van der Waals surface area contributed by atoms with Crippen molar-refractivity contribution >= 4 is 0 Å². The molecule has 0 saturated heterocycles. The van der Waals surface area contributed by atoms with Gasteiger partial charge in [-0.25, -0.2) is 0 Å². The molecule has 0 spiro atoms. The lowest BCUT2D eigenvalue weighted by molar-refractivity contribution is 0.301. The van der Waals surface area contributed by atoms with E-state index >= 15 is 0 Å². The number of rotatable bonds is 5. The molecule has 2 heteroatoms. The highest BCUT2D eigenvalue weighted by molar-refractivity contribution is 5.35. The van der Waals surface area contributed by atoms with Gasteiger partial charge in [-0.2, -0.15) is 0 Å². The maximum Gasteiger partial charge on any atom is 0.118 e. The monoisotopic (exact) mass is 319 g/mol. The molecule has 0 aliphatic carbocycles. The van der Waals surface area contributed by atoms with Gasteiger partial charge in [-0.1, -0.05) is 48.5 Å². The van der Waals surface area contributed by atoms with Crippen LogP contribution in [0.15, 0.2) is 78.0 Å². The van der Waals surface area contributed by atoms with Crippen LogP contribution >= 0.6 is 0 Å². The summed E-state index contributed by atoms with van der Waals surface area (Å²) in [5, 5.41) is 0. The Morgan fingerprint density at radius 2 is 1.58 bits per heavy atom. The molecule has 0 saturated carbocycles. The second kappa shape index (κ2) is 7.39. The number of allylic oxidation sites excluding steroid dienone is 2. The zero-order chi connectivity index (χ0) is 16.9. The van der Waals surface area contributed by atoms with Crippen molar-refractivity contribution in [3.8, 4) is 5.75 Å². The number of hydrogen-bond acceptors (Lipinski definition) is 2. The van der Waals surface area contributed by atoms with Gasteiger partial charge < -0.3 is 9.64 Å². The quantitative estimate of drug-likeness (QED) is 0.771. The van der Waals surface area contributed by atoms with Gasteiger partial charge in [0.05, 0.1) is 13.2 Å². The van der Waals surface area contributed by atoms with Crippen LogP contribution in [0.1, 0.15) is 25.0 Å². The molecule has 0 aromatic heterocycles. The molecular formula is C22H25NO. The van der Waals surface area contributed by atoms with E-state index in [1.165, 1.54) is 22.3 Å². The van der Waals surface area contributed by atoms with Gasteiger partial charge in [0.1, 0.15) is 5.75 Å². The molecule has 124 valence electrons. The van der Waals surface area contributed by atoms with Crippen LogP contribution in [0, 0.1) is 0 Å². The van der Waals surface area contributed by atoms with Crippen LogP contribution in [-0.2, 0) is 13.0 Å². The zero-order valence-electron chi connectivity index (χ0n) is 14.7. The summed E-state index contributed by atoms with van der Waals surface area (Å²) in [6.45, 7) is 5.32. The van der Waals surface area contributed by atoms with Crippen LogP contribution < -0.4 is 4.74 Å². The van der Waals surface area contributed by atoms with Gasteiger partial charge in [0, 0.05) is 12.7 Å². The Hall–Kier alpha value is -2.48. The lowest BCUT2D eigenvalue weighted by Crippen LogP contribution is -2.33. The Morgan fingerprint density at radius 1 is 0.875 bits per heavy atom. The fourth-order valence-corrected chi connectivity index (χ4v) is 3.10. The number of ether oxygens (including phenoxy) is 1. The molecule has 24 heavy (non-hydrogen) atoms. The van der Waals surface area contributed by atoms with Gasteiger partial charge in [-0.15, -0.1) is 0 Å². The van der Waals surface area contributed by atoms with Crippen molar-refractivity contribution in [3.05, 3.63) is 89.1 Å². The summed E-state index contributed by atoms with van der Waals surface area (Å²) in [6, 6.07) is 19.4. The molecule has 1 atom stereocenters. The molecule has 2 aromatic carbocycles. The lowest BCUT2D eigenvalue weighted by Gasteiger charge is -2.33. The number of hydrogen-bond donors (Lipinski definition) is 0. The van der Waals surface area contributed by atoms with E-state index in [-0.39, 0.29) is 0 Å². The maximum absolute atomic E-state index is 5.26. The van der Waals surface area contributed by atoms with Crippen molar-refractivity contribution in [1.82, 2.24) is 4.90 Å². The van der Waals surface area contributed by atoms with Gasteiger partial charge in [0.15, 0.2) is 0 Å². The van der Waals surface area contributed by atoms with E-state index in [9.17, 15) is 0 Å². The molecule has 0 fully saturated rings. The van der Waals surface area contributed by atoms with Gasteiger partial charge in [-0.3, -0.25) is 0 Å². The highest BCUT2D eigenvalue weighted by atomic mass is 16.5. The normalized spacial score (nSPS) is 17.3. The second-order valence-electron chi connectivity index (χ2n) is 6.44. The Kier molecular flexibility index (Phi) is 5.05. The minimum Gasteiger partial charge on any atom is -0.497 e. The minimum atomic E-state index is 0.377. The maximum atomic E-state index is 5.26. The number of benzene rings is 2. The fourth-order valence-electron chi connectivity index (χ4n) is 3.10. The Morgan fingerprint density at radius 3 is 2.25 bits per heavy atom. The molecule has 2 aromatic rings. The smallest absolute Gasteiger partial charge is 0.118 e. The largest absolute Gasteiger partial charge is 0.497 e. The first kappa shape index (κ1) is 16.4. The SMILES string of the molecule is COc1ccc(CC2C=C(C)C(C)=CN2Cc2ccccc2)cc1. The summed E-state index contributed by atoms with van der Waals surface area (Å²) < 4.78 is 5.26. The Balaban J connectivity index is 1.79. The summed E-state index contributed by atoms with van der Waals surface area (Å²) >= 11 is 0. The van der Waals surface area contributed by atoms with Crippen molar-refractivity contribution in [2.24, 2.45) is 0 Å². The predicted octanol–water partition coefficient (Wildman–Crippen LogP) is 4.97. The first-order valence-corrected chi connectivity index (χ1v) is 8.45. The first-order chi connectivity index (χ1) is 11.7. The molecule has 0 N–H and O–H groups in total. The summed E-state index contributed by atoms with van der Waals surface area (Å²) in [6.07, 6.45) is 5.69. The minimum absolute atomic E-state index is 0.377. The molecule has 0 radical (unpaired) electrons. The highest BCUT2D eigenvalue weighted by Gasteiger charge is 2.19. The molecule has 0 bridgehead atoms. The average Bonchev–Trinajstić information content (AvgIpc) is 2.61. The van der Waals surface area contributed by atoms with Crippen LogP contribution in [-0.4, -0.2) is 18.1 Å². The highest BCUT2D eigenvalue weighted by Crippen LogP contribution is 2.25. The summed E-state index contributed by atoms with van der Waals surface area (Å²) in [5.41, 5.74) is 5.39. The molecule has 1 aliphatic rings. The van der Waals surface area contributed by atoms with E-state index in [4.69, 9.17) is 4.74 Å². The fraction of sp³-hybridized carbons (Fsp3) is 0.273. The molecule has 1 heterocycles. The van der Waals surface area contributed by atoms with Gasteiger partial charge in [-0.05, 0) is 54.7 Å². The van der Waals surface area contributed by atoms with Crippen LogP contribution in [0.2, 0.25) is 0 Å². The lowest BCUT2D eigenvalue weighted by atomic mass is 9.96. The molecule has 1 unspecified atom stereocenters. The molecule has 2 nitrogen and oxygen atoms in total. The number of methoxy groups -OCH3 is 1. The molecule has 1 aliphatic heterocycles. The summed E-state index contributed by atoms with van der Waals surface area (Å²) in [4.78, 5) is 2.45. The van der Waals surface area contributed by atoms with Crippen LogP contribution in [0.5, 0.6) is 5.75 Å². The first-order valence-electron chi connectivity index (χ1n) is 8.45. The third-order valence-corrected chi connectivity index (χ3v) is 4.66. The van der Waals surface area contributed by atoms with E-state index in [0.717, 1.165) is 18.7 Å². The van der Waals surface area contributed by atoms with Crippen molar-refractivity contribution in [3.63, 3.8) is 0 Å². The zero-order valence-corrected chi connectivity index (χ0v) is 14.7. The standard InChI is InChI=1S/C22H25NO/c1-17-13-21(14-19-9-11-22(24-3)12-10-19)23(15-18(17)2)16-20-7-5-4-6-8-20/h4-13,15,21H,14,16H2,1-3H3. The van der Waals surface area contributed by atoms with Gasteiger partial charge in [0.25, 0.3) is 0 Å². The Bertz CT molecular complexity index is 728. The van der Waals surface area contributed by atoms with Gasteiger partial charge in [0.2, 0.25) is 0 Å². The third-order valence-electron chi connectivity index (χ3n) is 4.66. The summed E-state index contributed by atoms with van der Waals surface area (Å²) in [5.74, 6) is 0.908. The van der Waals surface area contributed by atoms with Crippen molar-refractivity contribution in [2.45, 2.75) is 32.9 Å². The molecular weight excluding hydrogens is 294 g/mol. The van der Waals surface area contributed by atoms with Crippen molar-refractivity contribution in [2.75, 3.05) is 7.11 Å². The molecule has 0 amide bonds. The van der Waals surface area contributed by atoms with Crippen molar-refractivity contribution in [1.29, 1.82) is 0 Å².